The largest absolute Gasteiger partial charge is 0.493 e. The highest BCUT2D eigenvalue weighted by molar-refractivity contribution is 6.03. The van der Waals surface area contributed by atoms with Crippen molar-refractivity contribution in [3.8, 4) is 23.0 Å². The van der Waals surface area contributed by atoms with Crippen molar-refractivity contribution in [2.45, 2.75) is 137 Å². The standard InChI is InChI=1S/C52H69NO5/c1-7-11-15-28-55-48-39-22-19-23-40(48)33-42-25-21-27-44(50(42)57-30-17-13-9-3)35-46-37-47(53-52(54)38(5)6)36-45(51(46)58-31-18-14-10-4)34-43-26-20-24-41(32-39)49(43)56-29-16-12-8-2/h19-27,36-37H,5,7-18,28-35H2,1-4,6H3,(H,53,54). The molecule has 1 aliphatic rings. The predicted octanol–water partition coefficient (Wildman–Crippen LogP) is 13.2. The van der Waals surface area contributed by atoms with Gasteiger partial charge in [-0.15, -0.1) is 0 Å². The average molecular weight is 788 g/mol. The van der Waals surface area contributed by atoms with Gasteiger partial charge >= 0.3 is 0 Å². The lowest BCUT2D eigenvalue weighted by Gasteiger charge is -2.23. The summed E-state index contributed by atoms with van der Waals surface area (Å²) in [5, 5.41) is 3.15. The van der Waals surface area contributed by atoms with Crippen LogP contribution in [0, 0.1) is 0 Å². The molecule has 1 N–H and O–H groups in total. The van der Waals surface area contributed by atoms with Crippen LogP contribution in [0.25, 0.3) is 0 Å². The van der Waals surface area contributed by atoms with Gasteiger partial charge in [-0.25, -0.2) is 0 Å². The molecular weight excluding hydrogens is 719 g/mol. The molecule has 0 saturated heterocycles. The zero-order valence-electron chi connectivity index (χ0n) is 36.2. The molecule has 8 bridgehead atoms. The number of hydrogen-bond acceptors (Lipinski definition) is 5. The Kier molecular flexibility index (Phi) is 18.1. The van der Waals surface area contributed by atoms with E-state index in [0.717, 1.165) is 150 Å². The fourth-order valence-electron chi connectivity index (χ4n) is 7.74. The van der Waals surface area contributed by atoms with Crippen molar-refractivity contribution in [3.05, 3.63) is 123 Å². The summed E-state index contributed by atoms with van der Waals surface area (Å²) >= 11 is 0. The summed E-state index contributed by atoms with van der Waals surface area (Å²) in [5.74, 6) is 3.50. The average Bonchev–Trinajstić information content (AvgIpc) is 3.21. The van der Waals surface area contributed by atoms with Gasteiger partial charge in [-0.2, -0.15) is 0 Å². The lowest BCUT2D eigenvalue weighted by molar-refractivity contribution is -0.112. The maximum atomic E-state index is 13.2. The molecule has 6 nitrogen and oxygen atoms in total. The summed E-state index contributed by atoms with van der Waals surface area (Å²) in [6.07, 6.45) is 15.4. The van der Waals surface area contributed by atoms with Crippen LogP contribution in [-0.4, -0.2) is 32.3 Å². The SMILES string of the molecule is C=C(C)C(=O)Nc1cc2c(OCCCCC)c(c1)Cc1cccc(c1OCCCCC)Cc1cccc(c1OCCCCC)Cc1cccc(c1OCCCCC)C2. The molecule has 0 heterocycles. The molecule has 1 aliphatic carbocycles. The lowest BCUT2D eigenvalue weighted by Crippen LogP contribution is -2.14. The van der Waals surface area contributed by atoms with Crippen molar-refractivity contribution in [2.24, 2.45) is 0 Å². The van der Waals surface area contributed by atoms with Gasteiger partial charge in [0.2, 0.25) is 0 Å². The number of nitrogens with one attached hydrogen (secondary N) is 1. The van der Waals surface area contributed by atoms with Crippen LogP contribution in [0.4, 0.5) is 5.69 Å². The summed E-state index contributed by atoms with van der Waals surface area (Å²) in [5.41, 5.74) is 9.98. The van der Waals surface area contributed by atoms with Gasteiger partial charge in [-0.3, -0.25) is 4.79 Å². The molecule has 1 amide bonds. The van der Waals surface area contributed by atoms with Crippen molar-refractivity contribution < 1.29 is 23.7 Å². The van der Waals surface area contributed by atoms with Crippen LogP contribution < -0.4 is 24.3 Å². The van der Waals surface area contributed by atoms with Crippen LogP contribution in [0.15, 0.2) is 78.9 Å². The molecular formula is C52H69NO5. The van der Waals surface area contributed by atoms with E-state index in [2.05, 4.69) is 106 Å². The van der Waals surface area contributed by atoms with E-state index < -0.39 is 0 Å². The summed E-state index contributed by atoms with van der Waals surface area (Å²) in [7, 11) is 0. The van der Waals surface area contributed by atoms with Gasteiger partial charge in [0.05, 0.1) is 26.4 Å². The minimum Gasteiger partial charge on any atom is -0.493 e. The molecule has 4 aromatic rings. The number of carbonyl (C=O) groups excluding carboxylic acids is 1. The Morgan fingerprint density at radius 1 is 0.483 bits per heavy atom. The second-order valence-electron chi connectivity index (χ2n) is 16.0. The molecule has 4 aromatic carbocycles. The van der Waals surface area contributed by atoms with Crippen LogP contribution in [0.3, 0.4) is 0 Å². The van der Waals surface area contributed by atoms with Crippen LogP contribution >= 0.6 is 0 Å². The zero-order chi connectivity index (χ0) is 41.1. The maximum Gasteiger partial charge on any atom is 0.250 e. The monoisotopic (exact) mass is 788 g/mol. The second kappa shape index (κ2) is 23.6. The Hall–Kier alpha value is -4.71. The summed E-state index contributed by atoms with van der Waals surface area (Å²) in [6.45, 7) is 17.1. The maximum absolute atomic E-state index is 13.2. The molecule has 0 unspecified atom stereocenters. The summed E-state index contributed by atoms with van der Waals surface area (Å²) < 4.78 is 27.3. The fourth-order valence-corrected chi connectivity index (χ4v) is 7.74. The first-order chi connectivity index (χ1) is 28.4. The van der Waals surface area contributed by atoms with Crippen LogP contribution in [0.5, 0.6) is 23.0 Å². The van der Waals surface area contributed by atoms with E-state index in [-0.39, 0.29) is 5.91 Å². The Morgan fingerprint density at radius 3 is 1.03 bits per heavy atom. The number of unbranched alkanes of at least 4 members (excludes halogenated alkanes) is 8. The van der Waals surface area contributed by atoms with E-state index in [4.69, 9.17) is 18.9 Å². The predicted molar refractivity (Wildman–Crippen MR) is 241 cm³/mol. The van der Waals surface area contributed by atoms with E-state index in [1.54, 1.807) is 6.92 Å². The fraction of sp³-hybridized carbons (Fsp3) is 0.481. The third-order valence-corrected chi connectivity index (χ3v) is 10.9. The first-order valence-corrected chi connectivity index (χ1v) is 22.3. The van der Waals surface area contributed by atoms with Crippen molar-refractivity contribution in [1.29, 1.82) is 0 Å². The van der Waals surface area contributed by atoms with Gasteiger partial charge in [0.25, 0.3) is 5.91 Å². The quantitative estimate of drug-likeness (QED) is 0.0559. The second-order valence-corrected chi connectivity index (χ2v) is 16.0. The lowest BCUT2D eigenvalue weighted by atomic mass is 9.91. The van der Waals surface area contributed by atoms with Crippen molar-refractivity contribution >= 4 is 11.6 Å². The Morgan fingerprint density at radius 2 is 0.759 bits per heavy atom. The molecule has 0 radical (unpaired) electrons. The first kappa shape index (κ1) is 44.4. The number of amides is 1. The molecule has 0 aliphatic heterocycles. The smallest absolute Gasteiger partial charge is 0.250 e. The number of carbonyl (C=O) groups is 1. The van der Waals surface area contributed by atoms with Gasteiger partial charge in [0.1, 0.15) is 23.0 Å². The van der Waals surface area contributed by atoms with E-state index in [9.17, 15) is 4.79 Å². The Labute approximate surface area is 349 Å². The van der Waals surface area contributed by atoms with Crippen LogP contribution in [0.2, 0.25) is 0 Å². The van der Waals surface area contributed by atoms with Crippen molar-refractivity contribution in [3.63, 3.8) is 0 Å². The number of para-hydroxylation sites is 3. The molecule has 5 rings (SSSR count). The molecule has 6 heteroatoms. The van der Waals surface area contributed by atoms with Crippen LogP contribution in [0.1, 0.15) is 156 Å². The molecule has 0 aromatic heterocycles. The van der Waals surface area contributed by atoms with Gasteiger partial charge < -0.3 is 24.3 Å². The van der Waals surface area contributed by atoms with E-state index in [1.165, 1.54) is 0 Å². The Balaban J connectivity index is 1.75. The van der Waals surface area contributed by atoms with E-state index >= 15 is 0 Å². The molecule has 58 heavy (non-hydrogen) atoms. The number of hydrogen-bond donors (Lipinski definition) is 1. The van der Waals surface area contributed by atoms with E-state index in [0.29, 0.717) is 57.7 Å². The number of fused-ring (bicyclic) bond motifs is 8. The number of benzene rings is 4. The topological polar surface area (TPSA) is 66.0 Å². The number of rotatable bonds is 22. The van der Waals surface area contributed by atoms with Crippen LogP contribution in [-0.2, 0) is 30.5 Å². The molecule has 0 saturated carbocycles. The highest BCUT2D eigenvalue weighted by Crippen LogP contribution is 2.40. The van der Waals surface area contributed by atoms with Gasteiger partial charge in [-0.05, 0) is 78.1 Å². The minimum absolute atomic E-state index is 0.201. The third-order valence-electron chi connectivity index (χ3n) is 10.9. The molecule has 0 spiro atoms. The molecule has 0 fully saturated rings. The number of ether oxygens (including phenoxy) is 4. The van der Waals surface area contributed by atoms with Crippen molar-refractivity contribution in [2.75, 3.05) is 31.7 Å². The molecule has 312 valence electrons. The Bertz CT molecular complexity index is 1820. The van der Waals surface area contributed by atoms with Crippen molar-refractivity contribution in [1.82, 2.24) is 0 Å². The number of anilines is 1. The minimum atomic E-state index is -0.201. The van der Waals surface area contributed by atoms with Gasteiger partial charge in [-0.1, -0.05) is 140 Å². The summed E-state index contributed by atoms with van der Waals surface area (Å²) in [6, 6.07) is 23.9. The first-order valence-electron chi connectivity index (χ1n) is 22.3. The molecule has 0 atom stereocenters. The summed E-state index contributed by atoms with van der Waals surface area (Å²) in [4.78, 5) is 13.2. The highest BCUT2D eigenvalue weighted by Gasteiger charge is 2.23. The van der Waals surface area contributed by atoms with E-state index in [1.807, 2.05) is 0 Å². The third kappa shape index (κ3) is 12.6. The van der Waals surface area contributed by atoms with Gasteiger partial charge in [0, 0.05) is 48.1 Å². The van der Waals surface area contributed by atoms with Gasteiger partial charge in [0.15, 0.2) is 0 Å². The normalized spacial score (nSPS) is 12.2. The zero-order valence-corrected chi connectivity index (χ0v) is 36.2. The highest BCUT2D eigenvalue weighted by atomic mass is 16.5.